The number of methoxy groups -OCH3 is 1. The van der Waals surface area contributed by atoms with Crippen molar-refractivity contribution < 1.29 is 19.1 Å². The molecule has 0 aliphatic heterocycles. The van der Waals surface area contributed by atoms with Crippen LogP contribution in [0, 0.1) is 0 Å². The molecule has 0 amide bonds. The number of carbonyl (C=O) groups is 1. The Bertz CT molecular complexity index is 891. The van der Waals surface area contributed by atoms with E-state index in [1.807, 2.05) is 0 Å². The van der Waals surface area contributed by atoms with Crippen molar-refractivity contribution in [1.82, 2.24) is 4.98 Å². The number of rotatable bonds is 4. The van der Waals surface area contributed by atoms with Gasteiger partial charge >= 0.3 is 5.97 Å². The zero-order valence-electron chi connectivity index (χ0n) is 11.9. The van der Waals surface area contributed by atoms with Gasteiger partial charge in [0.2, 0.25) is 5.89 Å². The largest absolute Gasteiger partial charge is 0.479 e. The molecular formula is C16H11Cl2NO4. The Morgan fingerprint density at radius 3 is 2.70 bits per heavy atom. The van der Waals surface area contributed by atoms with Crippen molar-refractivity contribution in [3.8, 4) is 11.5 Å². The van der Waals surface area contributed by atoms with Crippen LogP contribution >= 0.6 is 23.2 Å². The Labute approximate surface area is 141 Å². The summed E-state index contributed by atoms with van der Waals surface area (Å²) in [7, 11) is 1.34. The van der Waals surface area contributed by atoms with Gasteiger partial charge in [-0.25, -0.2) is 9.78 Å². The summed E-state index contributed by atoms with van der Waals surface area (Å²) >= 11 is 12.0. The quantitative estimate of drug-likeness (QED) is 0.744. The Morgan fingerprint density at radius 1 is 1.26 bits per heavy atom. The Hall–Kier alpha value is -2.08. The minimum Gasteiger partial charge on any atom is -0.479 e. The molecule has 1 N–H and O–H groups in total. The summed E-state index contributed by atoms with van der Waals surface area (Å²) < 4.78 is 10.7. The Morgan fingerprint density at radius 2 is 2.04 bits per heavy atom. The predicted octanol–water partition coefficient (Wildman–Crippen LogP) is 4.57. The smallest absolute Gasteiger partial charge is 0.337 e. The molecule has 118 valence electrons. The van der Waals surface area contributed by atoms with Gasteiger partial charge in [-0.05, 0) is 35.9 Å². The van der Waals surface area contributed by atoms with Crippen molar-refractivity contribution in [3.05, 3.63) is 52.0 Å². The highest BCUT2D eigenvalue weighted by atomic mass is 35.5. The highest BCUT2D eigenvalue weighted by Gasteiger charge is 2.20. The van der Waals surface area contributed by atoms with E-state index in [1.54, 1.807) is 36.4 Å². The molecule has 1 unspecified atom stereocenters. The number of fused-ring (bicyclic) bond motifs is 1. The number of nitrogens with zero attached hydrogens (tertiary/aromatic N) is 1. The molecule has 0 bridgehead atoms. The number of hydrogen-bond donors (Lipinski definition) is 1. The minimum atomic E-state index is -1.07. The van der Waals surface area contributed by atoms with Crippen molar-refractivity contribution in [2.75, 3.05) is 7.11 Å². The van der Waals surface area contributed by atoms with E-state index in [2.05, 4.69) is 4.98 Å². The number of carboxylic acids is 1. The van der Waals surface area contributed by atoms with Gasteiger partial charge in [-0.3, -0.25) is 0 Å². The van der Waals surface area contributed by atoms with Crippen molar-refractivity contribution in [1.29, 1.82) is 0 Å². The number of oxazole rings is 1. The molecule has 1 heterocycles. The van der Waals surface area contributed by atoms with Gasteiger partial charge in [0.05, 0.1) is 10.6 Å². The lowest BCUT2D eigenvalue weighted by molar-refractivity contribution is -0.148. The predicted molar refractivity (Wildman–Crippen MR) is 86.9 cm³/mol. The molecule has 3 aromatic rings. The normalized spacial score (nSPS) is 12.5. The van der Waals surface area contributed by atoms with Gasteiger partial charge in [-0.2, -0.15) is 0 Å². The second kappa shape index (κ2) is 6.20. The third-order valence-corrected chi connectivity index (χ3v) is 3.88. The second-order valence-electron chi connectivity index (χ2n) is 4.82. The first-order valence-corrected chi connectivity index (χ1v) is 7.36. The van der Waals surface area contributed by atoms with E-state index in [-0.39, 0.29) is 0 Å². The zero-order valence-corrected chi connectivity index (χ0v) is 13.4. The van der Waals surface area contributed by atoms with Crippen LogP contribution in [0.3, 0.4) is 0 Å². The van der Waals surface area contributed by atoms with Crippen LogP contribution in [0.4, 0.5) is 0 Å². The van der Waals surface area contributed by atoms with Crippen LogP contribution in [0.5, 0.6) is 0 Å². The van der Waals surface area contributed by atoms with Crippen LogP contribution in [-0.2, 0) is 9.53 Å². The van der Waals surface area contributed by atoms with Crippen LogP contribution in [-0.4, -0.2) is 23.2 Å². The summed E-state index contributed by atoms with van der Waals surface area (Å²) in [6.07, 6.45) is -1.06. The maximum Gasteiger partial charge on any atom is 0.337 e. The van der Waals surface area contributed by atoms with E-state index >= 15 is 0 Å². The lowest BCUT2D eigenvalue weighted by atomic mass is 10.1. The monoisotopic (exact) mass is 351 g/mol. The van der Waals surface area contributed by atoms with E-state index in [0.717, 1.165) is 0 Å². The van der Waals surface area contributed by atoms with E-state index in [9.17, 15) is 4.79 Å². The van der Waals surface area contributed by atoms with Gasteiger partial charge in [0.15, 0.2) is 11.7 Å². The number of carboxylic acid groups (broad SMARTS) is 1. The molecule has 2 aromatic carbocycles. The first-order chi connectivity index (χ1) is 11.0. The molecule has 3 rings (SSSR count). The van der Waals surface area contributed by atoms with Crippen molar-refractivity contribution in [2.24, 2.45) is 0 Å². The third kappa shape index (κ3) is 3.03. The molecule has 1 atom stereocenters. The highest BCUT2D eigenvalue weighted by molar-refractivity contribution is 6.36. The van der Waals surface area contributed by atoms with Crippen LogP contribution in [0.15, 0.2) is 40.8 Å². The summed E-state index contributed by atoms with van der Waals surface area (Å²) in [6, 6.07) is 9.90. The molecule has 7 heteroatoms. The molecule has 0 saturated heterocycles. The van der Waals surface area contributed by atoms with Gasteiger partial charge in [0.1, 0.15) is 5.52 Å². The standard InChI is InChI=1S/C16H11Cl2NO4/c1-22-14(16(20)21)8-2-5-13-12(6-8)19-15(23-13)10-4-3-9(17)7-11(10)18/h2-7,14H,1H3,(H,20,21). The fourth-order valence-corrected chi connectivity index (χ4v) is 2.75. The SMILES string of the molecule is COC(C(=O)O)c1ccc2oc(-c3ccc(Cl)cc3Cl)nc2c1. The Balaban J connectivity index is 2.07. The zero-order chi connectivity index (χ0) is 16.6. The Kier molecular flexibility index (Phi) is 4.26. The number of halogens is 2. The molecule has 0 aliphatic carbocycles. The van der Waals surface area contributed by atoms with Crippen molar-refractivity contribution in [3.63, 3.8) is 0 Å². The van der Waals surface area contributed by atoms with Gasteiger partial charge < -0.3 is 14.3 Å². The third-order valence-electron chi connectivity index (χ3n) is 3.34. The van der Waals surface area contributed by atoms with Crippen molar-refractivity contribution in [2.45, 2.75) is 6.10 Å². The van der Waals surface area contributed by atoms with Crippen LogP contribution in [0.2, 0.25) is 10.0 Å². The number of aliphatic carboxylic acids is 1. The molecule has 0 saturated carbocycles. The summed E-state index contributed by atoms with van der Waals surface area (Å²) in [5, 5.41) is 10.1. The van der Waals surface area contributed by atoms with Crippen LogP contribution in [0.25, 0.3) is 22.6 Å². The average Bonchev–Trinajstić information content (AvgIpc) is 2.90. The first-order valence-electron chi connectivity index (χ1n) is 6.61. The van der Waals surface area contributed by atoms with E-state index in [0.29, 0.717) is 38.2 Å². The van der Waals surface area contributed by atoms with E-state index in [4.69, 9.17) is 37.5 Å². The highest BCUT2D eigenvalue weighted by Crippen LogP contribution is 2.32. The van der Waals surface area contributed by atoms with Gasteiger partial charge in [0.25, 0.3) is 0 Å². The second-order valence-corrected chi connectivity index (χ2v) is 5.67. The summed E-state index contributed by atoms with van der Waals surface area (Å²) in [4.78, 5) is 15.5. The lowest BCUT2D eigenvalue weighted by Gasteiger charge is -2.09. The minimum absolute atomic E-state index is 0.336. The van der Waals surface area contributed by atoms with E-state index in [1.165, 1.54) is 7.11 Å². The van der Waals surface area contributed by atoms with Crippen molar-refractivity contribution >= 4 is 40.3 Å². The topological polar surface area (TPSA) is 72.6 Å². The lowest BCUT2D eigenvalue weighted by Crippen LogP contribution is -2.13. The van der Waals surface area contributed by atoms with Crippen LogP contribution < -0.4 is 0 Å². The number of ether oxygens (including phenoxy) is 1. The average molecular weight is 352 g/mol. The maximum atomic E-state index is 11.2. The molecule has 1 aromatic heterocycles. The molecule has 0 spiro atoms. The maximum absolute atomic E-state index is 11.2. The molecule has 23 heavy (non-hydrogen) atoms. The summed E-state index contributed by atoms with van der Waals surface area (Å²) in [5.41, 5.74) is 2.13. The van der Waals surface area contributed by atoms with Crippen LogP contribution in [0.1, 0.15) is 11.7 Å². The molecule has 0 fully saturated rings. The first kappa shape index (κ1) is 15.8. The fraction of sp³-hybridized carbons (Fsp3) is 0.125. The molecular weight excluding hydrogens is 341 g/mol. The number of benzene rings is 2. The van der Waals surface area contributed by atoms with Gasteiger partial charge in [-0.15, -0.1) is 0 Å². The number of hydrogen-bond acceptors (Lipinski definition) is 4. The molecule has 0 aliphatic rings. The molecule has 0 radical (unpaired) electrons. The van der Waals surface area contributed by atoms with Gasteiger partial charge in [-0.1, -0.05) is 29.3 Å². The summed E-state index contributed by atoms with van der Waals surface area (Å²) in [6.45, 7) is 0. The van der Waals surface area contributed by atoms with E-state index < -0.39 is 12.1 Å². The van der Waals surface area contributed by atoms with Gasteiger partial charge in [0, 0.05) is 12.1 Å². The number of aromatic nitrogens is 1. The molecule has 5 nitrogen and oxygen atoms in total. The summed E-state index contributed by atoms with van der Waals surface area (Å²) in [5.74, 6) is -0.737. The fourth-order valence-electron chi connectivity index (χ4n) is 2.27.